The third-order valence-electron chi connectivity index (χ3n) is 4.66. The van der Waals surface area contributed by atoms with Crippen molar-refractivity contribution < 1.29 is 9.59 Å². The fourth-order valence-corrected chi connectivity index (χ4v) is 3.25. The summed E-state index contributed by atoms with van der Waals surface area (Å²) in [7, 11) is 0. The maximum Gasteiger partial charge on any atom is 0.242 e. The van der Waals surface area contributed by atoms with Crippen molar-refractivity contribution in [3.63, 3.8) is 0 Å². The van der Waals surface area contributed by atoms with Crippen LogP contribution in [0.25, 0.3) is 0 Å². The van der Waals surface area contributed by atoms with E-state index >= 15 is 0 Å². The highest BCUT2D eigenvalue weighted by molar-refractivity contribution is 5.86. The number of carbonyl (C=O) groups excluding carboxylic acids is 2. The van der Waals surface area contributed by atoms with Gasteiger partial charge in [-0.15, -0.1) is 12.4 Å². The number of amides is 2. The van der Waals surface area contributed by atoms with Crippen LogP contribution in [-0.2, 0) is 16.1 Å². The molecule has 0 saturated heterocycles. The average Bonchev–Trinajstić information content (AvgIpc) is 3.07. The number of halogens is 1. The lowest BCUT2D eigenvalue weighted by Gasteiger charge is -2.22. The van der Waals surface area contributed by atoms with Crippen LogP contribution >= 0.6 is 12.4 Å². The zero-order valence-electron chi connectivity index (χ0n) is 14.2. The first-order valence-electron chi connectivity index (χ1n) is 8.45. The smallest absolute Gasteiger partial charge is 0.242 e. The van der Waals surface area contributed by atoms with E-state index in [9.17, 15) is 9.59 Å². The Kier molecular flexibility index (Phi) is 8.79. The number of nitrogens with two attached hydrogens (primary N) is 1. The van der Waals surface area contributed by atoms with E-state index in [1.54, 1.807) is 4.90 Å². The lowest BCUT2D eigenvalue weighted by molar-refractivity contribution is -0.134. The molecule has 6 heteroatoms. The van der Waals surface area contributed by atoms with E-state index in [0.717, 1.165) is 24.8 Å². The summed E-state index contributed by atoms with van der Waals surface area (Å²) < 4.78 is 0. The summed E-state index contributed by atoms with van der Waals surface area (Å²) in [5, 5.41) is 2.80. The number of benzene rings is 1. The summed E-state index contributed by atoms with van der Waals surface area (Å²) in [5.74, 6) is 0.155. The summed E-state index contributed by atoms with van der Waals surface area (Å²) in [6.07, 6.45) is 2.93. The summed E-state index contributed by atoms with van der Waals surface area (Å²) in [4.78, 5) is 26.3. The van der Waals surface area contributed by atoms with Gasteiger partial charge in [-0.3, -0.25) is 9.59 Å². The molecule has 0 heterocycles. The predicted octanol–water partition coefficient (Wildman–Crippen LogP) is 1.95. The number of carbonyl (C=O) groups is 2. The summed E-state index contributed by atoms with van der Waals surface area (Å²) in [5.41, 5.74) is 6.81. The number of hydrogen-bond acceptors (Lipinski definition) is 3. The molecule has 1 aromatic carbocycles. The van der Waals surface area contributed by atoms with Gasteiger partial charge >= 0.3 is 0 Å². The van der Waals surface area contributed by atoms with E-state index < -0.39 is 0 Å². The zero-order chi connectivity index (χ0) is 16.7. The lowest BCUT2D eigenvalue weighted by Crippen LogP contribution is -2.42. The molecule has 1 aliphatic rings. The first kappa shape index (κ1) is 20.5. The van der Waals surface area contributed by atoms with Crippen molar-refractivity contribution in [3.8, 4) is 0 Å². The largest absolute Gasteiger partial charge is 0.347 e. The van der Waals surface area contributed by atoms with Gasteiger partial charge in [-0.1, -0.05) is 36.8 Å². The third-order valence-corrected chi connectivity index (χ3v) is 4.66. The molecule has 1 saturated carbocycles. The average molecular weight is 354 g/mol. The van der Waals surface area contributed by atoms with Crippen LogP contribution in [0.3, 0.4) is 0 Å². The molecule has 0 radical (unpaired) electrons. The molecule has 0 aromatic heterocycles. The van der Waals surface area contributed by atoms with Gasteiger partial charge in [0.15, 0.2) is 0 Å². The van der Waals surface area contributed by atoms with E-state index in [1.165, 1.54) is 0 Å². The van der Waals surface area contributed by atoms with Crippen molar-refractivity contribution in [3.05, 3.63) is 35.9 Å². The summed E-state index contributed by atoms with van der Waals surface area (Å²) in [6, 6.07) is 9.88. The minimum atomic E-state index is -0.0491. The van der Waals surface area contributed by atoms with Crippen molar-refractivity contribution in [2.24, 2.45) is 17.6 Å². The van der Waals surface area contributed by atoms with Crippen LogP contribution in [0.4, 0.5) is 0 Å². The topological polar surface area (TPSA) is 75.4 Å². The Labute approximate surface area is 150 Å². The van der Waals surface area contributed by atoms with Crippen LogP contribution in [0.2, 0.25) is 0 Å². The Bertz CT molecular complexity index is 524. The molecule has 2 rings (SSSR count). The van der Waals surface area contributed by atoms with E-state index in [-0.39, 0.29) is 42.6 Å². The van der Waals surface area contributed by atoms with Crippen LogP contribution in [-0.4, -0.2) is 36.3 Å². The maximum atomic E-state index is 12.3. The highest BCUT2D eigenvalue weighted by atomic mass is 35.5. The van der Waals surface area contributed by atoms with Gasteiger partial charge in [0, 0.05) is 19.0 Å². The van der Waals surface area contributed by atoms with Crippen molar-refractivity contribution in [1.29, 1.82) is 0 Å². The molecule has 0 spiro atoms. The van der Waals surface area contributed by atoms with Crippen LogP contribution in [0, 0.1) is 11.8 Å². The normalized spacial score (nSPS) is 19.4. The molecule has 1 aliphatic carbocycles. The van der Waals surface area contributed by atoms with Gasteiger partial charge in [0.1, 0.15) is 0 Å². The van der Waals surface area contributed by atoms with Crippen molar-refractivity contribution >= 4 is 24.2 Å². The quantitative estimate of drug-likeness (QED) is 0.786. The highest BCUT2D eigenvalue weighted by Gasteiger charge is 2.32. The highest BCUT2D eigenvalue weighted by Crippen LogP contribution is 2.30. The molecular formula is C18H28ClN3O2. The maximum absolute atomic E-state index is 12.3. The lowest BCUT2D eigenvalue weighted by atomic mass is 9.95. The number of nitrogens with one attached hydrogen (secondary N) is 1. The molecule has 2 amide bonds. The molecule has 1 aromatic rings. The second-order valence-electron chi connectivity index (χ2n) is 6.14. The van der Waals surface area contributed by atoms with Gasteiger partial charge in [0.25, 0.3) is 0 Å². The zero-order valence-corrected chi connectivity index (χ0v) is 15.1. The molecule has 134 valence electrons. The second kappa shape index (κ2) is 10.3. The van der Waals surface area contributed by atoms with Gasteiger partial charge in [0.05, 0.1) is 6.54 Å². The third kappa shape index (κ3) is 5.49. The van der Waals surface area contributed by atoms with Gasteiger partial charge < -0.3 is 16.0 Å². The van der Waals surface area contributed by atoms with Crippen LogP contribution in [0.15, 0.2) is 30.3 Å². The molecule has 3 N–H and O–H groups in total. The summed E-state index contributed by atoms with van der Waals surface area (Å²) >= 11 is 0. The Hall–Kier alpha value is -1.59. The Morgan fingerprint density at radius 3 is 2.58 bits per heavy atom. The van der Waals surface area contributed by atoms with E-state index in [4.69, 9.17) is 5.73 Å². The van der Waals surface area contributed by atoms with Crippen LogP contribution < -0.4 is 11.1 Å². The van der Waals surface area contributed by atoms with Crippen molar-refractivity contribution in [1.82, 2.24) is 10.2 Å². The number of likely N-dealkylation sites (N-methyl/N-ethyl adjacent to an activating group) is 1. The molecule has 5 nitrogen and oxygen atoms in total. The molecule has 0 aliphatic heterocycles. The number of nitrogens with zero attached hydrogens (tertiary/aromatic N) is 1. The molecular weight excluding hydrogens is 326 g/mol. The SMILES string of the molecule is CCN(Cc1ccccc1)C(=O)CNC(=O)[C@@H]1CCC[C@@H]1CN.Cl. The standard InChI is InChI=1S/C18H27N3O2.ClH/c1-2-21(13-14-7-4-3-5-8-14)17(22)12-20-18(23)16-10-6-9-15(16)11-19;/h3-5,7-8,15-16H,2,6,9-13,19H2,1H3,(H,20,23);1H/t15-,16-;/m1./s1. The first-order chi connectivity index (χ1) is 11.2. The monoisotopic (exact) mass is 353 g/mol. The molecule has 0 bridgehead atoms. The number of rotatable bonds is 7. The first-order valence-corrected chi connectivity index (χ1v) is 8.45. The Morgan fingerprint density at radius 1 is 1.25 bits per heavy atom. The Morgan fingerprint density at radius 2 is 1.96 bits per heavy atom. The molecule has 24 heavy (non-hydrogen) atoms. The Balaban J connectivity index is 0.00000288. The molecule has 1 fully saturated rings. The molecule has 2 atom stereocenters. The van der Waals surface area contributed by atoms with Crippen LogP contribution in [0.1, 0.15) is 31.7 Å². The van der Waals surface area contributed by atoms with E-state index in [0.29, 0.717) is 19.6 Å². The fraction of sp³-hybridized carbons (Fsp3) is 0.556. The van der Waals surface area contributed by atoms with Gasteiger partial charge in [-0.25, -0.2) is 0 Å². The van der Waals surface area contributed by atoms with Crippen LogP contribution in [0.5, 0.6) is 0 Å². The minimum Gasteiger partial charge on any atom is -0.347 e. The van der Waals surface area contributed by atoms with Gasteiger partial charge in [-0.05, 0) is 37.8 Å². The van der Waals surface area contributed by atoms with E-state index in [2.05, 4.69) is 5.32 Å². The summed E-state index contributed by atoms with van der Waals surface area (Å²) in [6.45, 7) is 3.75. The number of hydrogen-bond donors (Lipinski definition) is 2. The fourth-order valence-electron chi connectivity index (χ4n) is 3.25. The van der Waals surface area contributed by atoms with Gasteiger partial charge in [-0.2, -0.15) is 0 Å². The minimum absolute atomic E-state index is 0. The van der Waals surface area contributed by atoms with E-state index in [1.807, 2.05) is 37.3 Å². The van der Waals surface area contributed by atoms with Crippen molar-refractivity contribution in [2.45, 2.75) is 32.7 Å². The second-order valence-corrected chi connectivity index (χ2v) is 6.14. The van der Waals surface area contributed by atoms with Crippen molar-refractivity contribution in [2.75, 3.05) is 19.6 Å². The predicted molar refractivity (Wildman–Crippen MR) is 97.7 cm³/mol. The van der Waals surface area contributed by atoms with Gasteiger partial charge in [0.2, 0.25) is 11.8 Å². The molecule has 0 unspecified atom stereocenters.